The van der Waals surface area contributed by atoms with E-state index in [1.807, 2.05) is 0 Å². The SMILES string of the molecule is CC(C)[Si](Oc1ccc2c3c1O[C@H]1C(C4OCCO4)CCC4(O)[C@@H](C2)N(C)CC[C@]314)(C(C)C)C(C)C. The molecule has 5 atom stereocenters. The van der Waals surface area contributed by atoms with Gasteiger partial charge >= 0.3 is 0 Å². The number of rotatable bonds is 6. The van der Waals surface area contributed by atoms with Gasteiger partial charge in [-0.15, -0.1) is 0 Å². The zero-order valence-electron chi connectivity index (χ0n) is 23.2. The first-order valence-electron chi connectivity index (χ1n) is 14.3. The van der Waals surface area contributed by atoms with Crippen LogP contribution in [0.3, 0.4) is 0 Å². The van der Waals surface area contributed by atoms with Crippen LogP contribution in [0.15, 0.2) is 12.1 Å². The summed E-state index contributed by atoms with van der Waals surface area (Å²) in [4.78, 5) is 2.38. The Balaban J connectivity index is 1.52. The Bertz CT molecular complexity index is 1000. The second-order valence-electron chi connectivity index (χ2n) is 13.0. The molecule has 2 saturated heterocycles. The van der Waals surface area contributed by atoms with Gasteiger partial charge in [0.1, 0.15) is 11.9 Å². The lowest BCUT2D eigenvalue weighted by Crippen LogP contribution is -2.76. The van der Waals surface area contributed by atoms with Crippen molar-refractivity contribution in [3.05, 3.63) is 23.3 Å². The van der Waals surface area contributed by atoms with Crippen LogP contribution < -0.4 is 9.16 Å². The number of likely N-dealkylation sites (N-methyl/N-ethyl adjacent to an activating group) is 1. The number of benzene rings is 1. The molecule has 1 N–H and O–H groups in total. The Labute approximate surface area is 217 Å². The second-order valence-corrected chi connectivity index (χ2v) is 18.4. The summed E-state index contributed by atoms with van der Waals surface area (Å²) >= 11 is 0. The molecule has 6 nitrogen and oxygen atoms in total. The Hall–Kier alpha value is -1.12. The molecule has 3 aliphatic heterocycles. The maximum atomic E-state index is 12.6. The van der Waals surface area contributed by atoms with Crippen LogP contribution in [0, 0.1) is 5.92 Å². The molecule has 0 radical (unpaired) electrons. The summed E-state index contributed by atoms with van der Waals surface area (Å²) in [7, 11) is -0.00937. The molecule has 36 heavy (non-hydrogen) atoms. The first kappa shape index (κ1) is 25.2. The minimum absolute atomic E-state index is 0.101. The van der Waals surface area contributed by atoms with E-state index >= 15 is 0 Å². The highest BCUT2D eigenvalue weighted by atomic mass is 28.4. The zero-order valence-corrected chi connectivity index (χ0v) is 24.2. The maximum Gasteiger partial charge on any atom is 0.258 e. The van der Waals surface area contributed by atoms with Gasteiger partial charge in [-0.3, -0.25) is 0 Å². The highest BCUT2D eigenvalue weighted by Crippen LogP contribution is 2.67. The normalized spacial score (nSPS) is 36.0. The predicted octanol–water partition coefficient (Wildman–Crippen LogP) is 5.01. The number of piperidine rings is 1. The van der Waals surface area contributed by atoms with E-state index < -0.39 is 19.3 Å². The Morgan fingerprint density at radius 1 is 1.03 bits per heavy atom. The number of ether oxygens (including phenoxy) is 3. The van der Waals surface area contributed by atoms with Crippen LogP contribution in [0.1, 0.15) is 71.9 Å². The van der Waals surface area contributed by atoms with Gasteiger partial charge in [-0.25, -0.2) is 0 Å². The number of likely N-dealkylation sites (tertiary alicyclic amines) is 1. The second kappa shape index (κ2) is 8.44. The molecule has 3 fully saturated rings. The predicted molar refractivity (Wildman–Crippen MR) is 142 cm³/mol. The molecule has 7 heteroatoms. The Morgan fingerprint density at radius 3 is 2.33 bits per heavy atom. The van der Waals surface area contributed by atoms with E-state index in [2.05, 4.69) is 65.6 Å². The van der Waals surface area contributed by atoms with E-state index in [9.17, 15) is 5.11 Å². The van der Waals surface area contributed by atoms with Crippen LogP contribution >= 0.6 is 0 Å². The van der Waals surface area contributed by atoms with Crippen molar-refractivity contribution in [3.63, 3.8) is 0 Å². The van der Waals surface area contributed by atoms with Gasteiger partial charge in [0.05, 0.1) is 24.2 Å². The van der Waals surface area contributed by atoms with Crippen LogP contribution in [0.25, 0.3) is 0 Å². The quantitative estimate of drug-likeness (QED) is 0.537. The lowest BCUT2D eigenvalue weighted by Gasteiger charge is -2.64. The molecule has 1 aromatic rings. The maximum absolute atomic E-state index is 12.6. The molecule has 2 aliphatic carbocycles. The molecule has 6 rings (SSSR count). The monoisotopic (exact) mass is 515 g/mol. The van der Waals surface area contributed by atoms with Gasteiger partial charge in [-0.1, -0.05) is 47.6 Å². The third kappa shape index (κ3) is 3.04. The van der Waals surface area contributed by atoms with E-state index in [0.29, 0.717) is 29.8 Å². The average molecular weight is 516 g/mol. The Morgan fingerprint density at radius 2 is 1.69 bits per heavy atom. The third-order valence-corrected chi connectivity index (χ3v) is 16.7. The number of aliphatic hydroxyl groups is 1. The van der Waals surface area contributed by atoms with Crippen LogP contribution in [-0.4, -0.2) is 69.2 Å². The summed E-state index contributed by atoms with van der Waals surface area (Å²) in [6.45, 7) is 16.2. The van der Waals surface area contributed by atoms with Gasteiger partial charge in [-0.2, -0.15) is 0 Å². The van der Waals surface area contributed by atoms with Crippen molar-refractivity contribution in [1.29, 1.82) is 0 Å². The summed E-state index contributed by atoms with van der Waals surface area (Å²) in [5.41, 5.74) is 2.71. The van der Waals surface area contributed by atoms with Gasteiger partial charge in [0.15, 0.2) is 12.0 Å². The van der Waals surface area contributed by atoms with E-state index in [1.54, 1.807) is 0 Å². The standard InChI is InChI=1S/C29H45NO5Si/c1-17(2)36(18(3)4,19(5)6)35-22-9-8-20-16-23-29(31)11-10-21(27-32-14-15-33-27)26-28(29,12-13-30(23)7)24(20)25(22)34-26/h8-9,17-19,21,23,26-27,31H,10-16H2,1-7H3/t21?,23-,26+,28+,29?/m1/s1. The highest BCUT2D eigenvalue weighted by Gasteiger charge is 2.73. The minimum Gasteiger partial charge on any atom is -0.540 e. The van der Waals surface area contributed by atoms with Crippen LogP contribution in [-0.2, 0) is 21.3 Å². The lowest BCUT2D eigenvalue weighted by molar-refractivity contribution is -0.221. The van der Waals surface area contributed by atoms with Crippen molar-refractivity contribution in [3.8, 4) is 11.5 Å². The molecular weight excluding hydrogens is 470 g/mol. The van der Waals surface area contributed by atoms with Crippen molar-refractivity contribution < 1.29 is 23.7 Å². The van der Waals surface area contributed by atoms with Crippen molar-refractivity contribution in [2.75, 3.05) is 26.8 Å². The molecular formula is C29H45NO5Si. The molecule has 1 aromatic carbocycles. The van der Waals surface area contributed by atoms with E-state index in [0.717, 1.165) is 43.7 Å². The fourth-order valence-electron chi connectivity index (χ4n) is 9.31. The molecule has 1 saturated carbocycles. The first-order valence-corrected chi connectivity index (χ1v) is 16.4. The molecule has 200 valence electrons. The fraction of sp³-hybridized carbons (Fsp3) is 0.793. The lowest BCUT2D eigenvalue weighted by atomic mass is 9.47. The topological polar surface area (TPSA) is 60.4 Å². The largest absolute Gasteiger partial charge is 0.540 e. The smallest absolute Gasteiger partial charge is 0.258 e. The van der Waals surface area contributed by atoms with E-state index in [1.165, 1.54) is 11.1 Å². The van der Waals surface area contributed by atoms with Gasteiger partial charge in [0, 0.05) is 17.5 Å². The molecule has 2 bridgehead atoms. The molecule has 3 heterocycles. The van der Waals surface area contributed by atoms with Gasteiger partial charge in [0.2, 0.25) is 0 Å². The summed E-state index contributed by atoms with van der Waals surface area (Å²) in [5, 5.41) is 12.6. The van der Waals surface area contributed by atoms with Crippen molar-refractivity contribution in [1.82, 2.24) is 4.90 Å². The van der Waals surface area contributed by atoms with E-state index in [4.69, 9.17) is 18.6 Å². The molecule has 2 unspecified atom stereocenters. The van der Waals surface area contributed by atoms with Crippen molar-refractivity contribution in [2.24, 2.45) is 5.92 Å². The van der Waals surface area contributed by atoms with Gasteiger partial charge < -0.3 is 28.6 Å². The number of nitrogens with zero attached hydrogens (tertiary/aromatic N) is 1. The zero-order chi connectivity index (χ0) is 25.6. The summed E-state index contributed by atoms with van der Waals surface area (Å²) in [6.07, 6.45) is 2.92. The minimum atomic E-state index is -2.18. The molecule has 5 aliphatic rings. The Kier molecular flexibility index (Phi) is 5.90. The van der Waals surface area contributed by atoms with Gasteiger partial charge in [0.25, 0.3) is 8.32 Å². The fourth-order valence-corrected chi connectivity index (χ4v) is 14.6. The van der Waals surface area contributed by atoms with E-state index in [-0.39, 0.29) is 24.4 Å². The average Bonchev–Trinajstić information content (AvgIpc) is 3.46. The number of hydrogen-bond acceptors (Lipinski definition) is 6. The molecule has 0 amide bonds. The summed E-state index contributed by atoms with van der Waals surface area (Å²) in [5.74, 6) is 1.90. The van der Waals surface area contributed by atoms with Gasteiger partial charge in [-0.05, 0) is 67.5 Å². The number of hydrogen-bond donors (Lipinski definition) is 1. The van der Waals surface area contributed by atoms with Crippen molar-refractivity contribution >= 4 is 8.32 Å². The third-order valence-electron chi connectivity index (χ3n) is 10.8. The highest BCUT2D eigenvalue weighted by molar-refractivity contribution is 6.78. The van der Waals surface area contributed by atoms with Crippen molar-refractivity contribution in [2.45, 2.75) is 113 Å². The van der Waals surface area contributed by atoms with Crippen LogP contribution in [0.4, 0.5) is 0 Å². The first-order chi connectivity index (χ1) is 17.1. The summed E-state index contributed by atoms with van der Waals surface area (Å²) < 4.78 is 26.5. The molecule has 1 spiro atoms. The van der Waals surface area contributed by atoms with Crippen LogP contribution in [0.5, 0.6) is 11.5 Å². The summed E-state index contributed by atoms with van der Waals surface area (Å²) in [6, 6.07) is 4.55. The molecule has 0 aromatic heterocycles. The van der Waals surface area contributed by atoms with Crippen LogP contribution in [0.2, 0.25) is 16.6 Å².